The molecule has 0 amide bonds. The number of nitrogens with zero attached hydrogens (tertiary/aromatic N) is 1. The minimum absolute atomic E-state index is 0.0665. The van der Waals surface area contributed by atoms with E-state index in [1.165, 1.54) is 7.11 Å². The summed E-state index contributed by atoms with van der Waals surface area (Å²) >= 11 is 0. The van der Waals surface area contributed by atoms with E-state index in [1.807, 2.05) is 43.3 Å². The predicted octanol–water partition coefficient (Wildman–Crippen LogP) is 5.13. The second kappa shape index (κ2) is 10.4. The fourth-order valence-corrected chi connectivity index (χ4v) is 6.48. The molecule has 0 spiro atoms. The van der Waals surface area contributed by atoms with Crippen LogP contribution in [0.15, 0.2) is 54.6 Å². The fraction of sp³-hybridized carbons (Fsp3) is 0.303. The molecule has 0 unspecified atom stereocenters. The number of rotatable bonds is 6. The highest BCUT2D eigenvalue weighted by Gasteiger charge is 2.54. The summed E-state index contributed by atoms with van der Waals surface area (Å²) in [5.74, 6) is -0.0521. The van der Waals surface area contributed by atoms with E-state index in [4.69, 9.17) is 33.2 Å². The number of methoxy groups -OCH3 is 3. The maximum atomic E-state index is 13.7. The van der Waals surface area contributed by atoms with Gasteiger partial charge in [0.05, 0.1) is 44.9 Å². The van der Waals surface area contributed by atoms with E-state index in [0.717, 1.165) is 27.7 Å². The summed E-state index contributed by atoms with van der Waals surface area (Å²) in [6.45, 7) is 2.08. The number of fused-ring (bicyclic) bond motifs is 4. The summed E-state index contributed by atoms with van der Waals surface area (Å²) in [7, 11) is 4.62. The number of cyclic esters (lactones) is 1. The van der Waals surface area contributed by atoms with Crippen LogP contribution in [0.25, 0.3) is 10.9 Å². The Bertz CT molecular complexity index is 1760. The number of benzene rings is 3. The van der Waals surface area contributed by atoms with Gasteiger partial charge in [-0.05, 0) is 66.6 Å². The normalized spacial score (nSPS) is 21.5. The number of esters is 2. The lowest BCUT2D eigenvalue weighted by Gasteiger charge is -2.38. The topological polar surface area (TPSA) is 112 Å². The monoisotopic (exact) mass is 583 g/mol. The number of hydrogen-bond donors (Lipinski definition) is 0. The van der Waals surface area contributed by atoms with Crippen LogP contribution in [0.1, 0.15) is 44.8 Å². The molecular formula is C33H29NO9. The second-order valence-electron chi connectivity index (χ2n) is 10.8. The Morgan fingerprint density at radius 1 is 0.860 bits per heavy atom. The van der Waals surface area contributed by atoms with E-state index in [9.17, 15) is 9.59 Å². The quantitative estimate of drug-likeness (QED) is 0.283. The van der Waals surface area contributed by atoms with E-state index in [1.54, 1.807) is 32.4 Å². The van der Waals surface area contributed by atoms with Gasteiger partial charge in [0.15, 0.2) is 23.0 Å². The van der Waals surface area contributed by atoms with Gasteiger partial charge in [-0.25, -0.2) is 4.79 Å². The Morgan fingerprint density at radius 2 is 1.58 bits per heavy atom. The minimum atomic E-state index is -0.779. The lowest BCUT2D eigenvalue weighted by atomic mass is 9.66. The summed E-state index contributed by atoms with van der Waals surface area (Å²) < 4.78 is 40.1. The summed E-state index contributed by atoms with van der Waals surface area (Å²) in [5.41, 5.74) is 4.29. The van der Waals surface area contributed by atoms with Crippen LogP contribution in [-0.2, 0) is 14.3 Å². The molecule has 1 fully saturated rings. The summed E-state index contributed by atoms with van der Waals surface area (Å²) in [6, 6.07) is 16.5. The number of aromatic nitrogens is 1. The van der Waals surface area contributed by atoms with Crippen LogP contribution in [0.5, 0.6) is 28.7 Å². The first-order chi connectivity index (χ1) is 20.9. The molecule has 220 valence electrons. The van der Waals surface area contributed by atoms with Crippen LogP contribution in [0, 0.1) is 18.8 Å². The number of ether oxygens (including phenoxy) is 7. The van der Waals surface area contributed by atoms with Gasteiger partial charge in [0.25, 0.3) is 0 Å². The molecule has 1 saturated heterocycles. The zero-order valence-corrected chi connectivity index (χ0v) is 24.0. The molecule has 4 aromatic rings. The number of hydrogen-bond acceptors (Lipinski definition) is 10. The van der Waals surface area contributed by atoms with Crippen molar-refractivity contribution < 1.29 is 42.7 Å². The summed E-state index contributed by atoms with van der Waals surface area (Å²) in [4.78, 5) is 31.6. The molecule has 3 aliphatic rings. The van der Waals surface area contributed by atoms with Crippen molar-refractivity contribution in [2.24, 2.45) is 11.8 Å². The highest BCUT2D eigenvalue weighted by Crippen LogP contribution is 2.56. The lowest BCUT2D eigenvalue weighted by molar-refractivity contribution is -0.141. The molecule has 3 heterocycles. The third kappa shape index (κ3) is 4.36. The Hall–Kier alpha value is -4.99. The van der Waals surface area contributed by atoms with Gasteiger partial charge in [-0.1, -0.05) is 6.07 Å². The zero-order chi connectivity index (χ0) is 29.8. The second-order valence-corrected chi connectivity index (χ2v) is 10.8. The summed E-state index contributed by atoms with van der Waals surface area (Å²) in [5, 5.41) is 0.826. The maximum Gasteiger partial charge on any atom is 0.338 e. The number of carbonyl (C=O) groups excluding carboxylic acids is 2. The molecule has 0 radical (unpaired) electrons. The largest absolute Gasteiger partial charge is 0.493 e. The van der Waals surface area contributed by atoms with Crippen LogP contribution >= 0.6 is 0 Å². The Labute approximate surface area is 247 Å². The molecule has 1 aromatic heterocycles. The fourth-order valence-electron chi connectivity index (χ4n) is 6.48. The van der Waals surface area contributed by atoms with Gasteiger partial charge in [-0.15, -0.1) is 0 Å². The van der Waals surface area contributed by atoms with Crippen molar-refractivity contribution in [3.05, 3.63) is 82.5 Å². The lowest BCUT2D eigenvalue weighted by Crippen LogP contribution is -2.36. The van der Waals surface area contributed by atoms with E-state index in [-0.39, 0.29) is 19.4 Å². The Morgan fingerprint density at radius 3 is 2.28 bits per heavy atom. The van der Waals surface area contributed by atoms with Gasteiger partial charge < -0.3 is 33.2 Å². The minimum Gasteiger partial charge on any atom is -0.493 e. The van der Waals surface area contributed by atoms with Crippen molar-refractivity contribution >= 4 is 22.8 Å². The van der Waals surface area contributed by atoms with Crippen molar-refractivity contribution in [3.8, 4) is 28.7 Å². The van der Waals surface area contributed by atoms with Crippen LogP contribution in [0.3, 0.4) is 0 Å². The molecule has 4 atom stereocenters. The van der Waals surface area contributed by atoms with Gasteiger partial charge in [-0.3, -0.25) is 9.78 Å². The van der Waals surface area contributed by atoms with Crippen molar-refractivity contribution in [3.63, 3.8) is 0 Å². The molecule has 43 heavy (non-hydrogen) atoms. The Balaban J connectivity index is 1.35. The van der Waals surface area contributed by atoms with Crippen molar-refractivity contribution in [1.29, 1.82) is 0 Å². The first-order valence-corrected chi connectivity index (χ1v) is 13.9. The van der Waals surface area contributed by atoms with Crippen LogP contribution in [0.4, 0.5) is 0 Å². The van der Waals surface area contributed by atoms with E-state index >= 15 is 0 Å². The molecule has 10 heteroatoms. The average molecular weight is 584 g/mol. The zero-order valence-electron chi connectivity index (χ0n) is 24.0. The SMILES string of the molecule is COc1cc([C@@H]2c3cc4c(cc3[C@H](OC(=O)c3ccc5nc(C)ccc5c3)[C@H]3COC(=O)[C@H]23)OCO4)cc(OC)c1OC. The van der Waals surface area contributed by atoms with E-state index < -0.39 is 29.8 Å². The van der Waals surface area contributed by atoms with Crippen molar-refractivity contribution in [2.75, 3.05) is 34.7 Å². The van der Waals surface area contributed by atoms with Crippen LogP contribution < -0.4 is 23.7 Å². The third-order valence-electron chi connectivity index (χ3n) is 8.46. The molecule has 3 aromatic carbocycles. The van der Waals surface area contributed by atoms with Gasteiger partial charge in [-0.2, -0.15) is 0 Å². The predicted molar refractivity (Wildman–Crippen MR) is 153 cm³/mol. The molecular weight excluding hydrogens is 554 g/mol. The molecule has 7 rings (SSSR count). The standard InChI is InChI=1S/C33H29NO9/c1-16-5-6-17-9-18(7-8-23(17)34-16)32(35)43-30-21-13-25-24(41-15-42-25)12-20(21)28(29-22(30)14-40-33(29)36)19-10-26(37-2)31(39-4)27(11-19)38-3/h5-13,22,28-30H,14-15H2,1-4H3/t22-,28+,29-,30-/m0/s1. The smallest absolute Gasteiger partial charge is 0.338 e. The maximum absolute atomic E-state index is 13.7. The van der Waals surface area contributed by atoms with E-state index in [2.05, 4.69) is 4.98 Å². The van der Waals surface area contributed by atoms with Crippen molar-refractivity contribution in [2.45, 2.75) is 18.9 Å². The summed E-state index contributed by atoms with van der Waals surface area (Å²) in [6.07, 6.45) is -0.779. The van der Waals surface area contributed by atoms with Crippen LogP contribution in [0.2, 0.25) is 0 Å². The Kier molecular flexibility index (Phi) is 6.49. The molecule has 0 saturated carbocycles. The molecule has 10 nitrogen and oxygen atoms in total. The highest BCUT2D eigenvalue weighted by molar-refractivity contribution is 5.94. The number of aryl methyl sites for hydroxylation is 1. The molecule has 0 N–H and O–H groups in total. The molecule has 2 aliphatic heterocycles. The number of carbonyl (C=O) groups is 2. The van der Waals surface area contributed by atoms with Gasteiger partial charge in [0.1, 0.15) is 6.10 Å². The van der Waals surface area contributed by atoms with Gasteiger partial charge in [0, 0.05) is 28.5 Å². The first-order valence-electron chi connectivity index (χ1n) is 13.9. The van der Waals surface area contributed by atoms with Crippen LogP contribution in [-0.4, -0.2) is 51.7 Å². The first kappa shape index (κ1) is 26.9. The van der Waals surface area contributed by atoms with Gasteiger partial charge in [0.2, 0.25) is 12.5 Å². The van der Waals surface area contributed by atoms with Gasteiger partial charge >= 0.3 is 11.9 Å². The number of pyridine rings is 1. The highest BCUT2D eigenvalue weighted by atomic mass is 16.7. The average Bonchev–Trinajstić information content (AvgIpc) is 3.65. The molecule has 0 bridgehead atoms. The van der Waals surface area contributed by atoms with Crippen molar-refractivity contribution in [1.82, 2.24) is 4.98 Å². The molecule has 1 aliphatic carbocycles. The third-order valence-corrected chi connectivity index (χ3v) is 8.46. The van der Waals surface area contributed by atoms with E-state index in [0.29, 0.717) is 39.9 Å².